The standard InChI is InChI=1S/C19H16INO2/c1-13(19(22)21-16-11-9-15(20)10-12-16)23-18-8-4-6-14-5-2-3-7-17(14)18/h2-13H,1H3,(H,21,22). The molecule has 0 radical (unpaired) electrons. The van der Waals surface area contributed by atoms with E-state index in [1.54, 1.807) is 6.92 Å². The molecule has 116 valence electrons. The van der Waals surface area contributed by atoms with E-state index < -0.39 is 6.10 Å². The van der Waals surface area contributed by atoms with Gasteiger partial charge in [0.25, 0.3) is 5.91 Å². The Kier molecular flexibility index (Phi) is 4.81. The quantitative estimate of drug-likeness (QED) is 0.617. The fourth-order valence-corrected chi connectivity index (χ4v) is 2.68. The van der Waals surface area contributed by atoms with Crippen LogP contribution in [0, 0.1) is 3.57 Å². The summed E-state index contributed by atoms with van der Waals surface area (Å²) in [5.74, 6) is 0.549. The van der Waals surface area contributed by atoms with Gasteiger partial charge in [-0.15, -0.1) is 0 Å². The number of hydrogen-bond donors (Lipinski definition) is 1. The molecular weight excluding hydrogens is 401 g/mol. The van der Waals surface area contributed by atoms with Gasteiger partial charge in [-0.2, -0.15) is 0 Å². The molecule has 0 aromatic heterocycles. The Morgan fingerprint density at radius 3 is 2.48 bits per heavy atom. The van der Waals surface area contributed by atoms with E-state index in [2.05, 4.69) is 27.9 Å². The predicted octanol–water partition coefficient (Wildman–Crippen LogP) is 4.85. The van der Waals surface area contributed by atoms with Gasteiger partial charge in [0.1, 0.15) is 5.75 Å². The van der Waals surface area contributed by atoms with Crippen LogP contribution in [0.25, 0.3) is 10.8 Å². The van der Waals surface area contributed by atoms with Gasteiger partial charge >= 0.3 is 0 Å². The van der Waals surface area contributed by atoms with Crippen LogP contribution < -0.4 is 10.1 Å². The smallest absolute Gasteiger partial charge is 0.265 e. The second kappa shape index (κ2) is 7.00. The van der Waals surface area contributed by atoms with Gasteiger partial charge in [0.2, 0.25) is 0 Å². The number of carbonyl (C=O) groups is 1. The van der Waals surface area contributed by atoms with Crippen LogP contribution in [0.2, 0.25) is 0 Å². The van der Waals surface area contributed by atoms with Gasteiger partial charge in [0.15, 0.2) is 6.10 Å². The number of nitrogens with one attached hydrogen (secondary N) is 1. The molecule has 0 spiro atoms. The van der Waals surface area contributed by atoms with Crippen LogP contribution in [0.15, 0.2) is 66.7 Å². The van der Waals surface area contributed by atoms with Crippen molar-refractivity contribution in [2.45, 2.75) is 13.0 Å². The topological polar surface area (TPSA) is 38.3 Å². The van der Waals surface area contributed by atoms with E-state index in [0.717, 1.165) is 20.0 Å². The zero-order valence-electron chi connectivity index (χ0n) is 12.6. The average Bonchev–Trinajstić information content (AvgIpc) is 2.57. The minimum absolute atomic E-state index is 0.167. The molecule has 1 atom stereocenters. The second-order valence-corrected chi connectivity index (χ2v) is 6.48. The summed E-state index contributed by atoms with van der Waals surface area (Å²) in [6.07, 6.45) is -0.583. The third-order valence-corrected chi connectivity index (χ3v) is 4.25. The summed E-state index contributed by atoms with van der Waals surface area (Å²) in [4.78, 5) is 12.3. The zero-order chi connectivity index (χ0) is 16.2. The first-order valence-electron chi connectivity index (χ1n) is 7.34. The summed E-state index contributed by atoms with van der Waals surface area (Å²) < 4.78 is 7.00. The van der Waals surface area contributed by atoms with Crippen LogP contribution in [-0.4, -0.2) is 12.0 Å². The third-order valence-electron chi connectivity index (χ3n) is 3.53. The van der Waals surface area contributed by atoms with Crippen LogP contribution in [0.5, 0.6) is 5.75 Å². The average molecular weight is 417 g/mol. The largest absolute Gasteiger partial charge is 0.480 e. The van der Waals surface area contributed by atoms with Crippen molar-refractivity contribution in [2.24, 2.45) is 0 Å². The van der Waals surface area contributed by atoms with Gasteiger partial charge in [-0.25, -0.2) is 0 Å². The van der Waals surface area contributed by atoms with Crippen molar-refractivity contribution in [1.82, 2.24) is 0 Å². The van der Waals surface area contributed by atoms with E-state index in [1.165, 1.54) is 0 Å². The molecule has 0 aliphatic rings. The lowest BCUT2D eigenvalue weighted by Crippen LogP contribution is -2.30. The van der Waals surface area contributed by atoms with Crippen molar-refractivity contribution in [1.29, 1.82) is 0 Å². The highest BCUT2D eigenvalue weighted by Crippen LogP contribution is 2.26. The summed E-state index contributed by atoms with van der Waals surface area (Å²) in [7, 11) is 0. The van der Waals surface area contributed by atoms with E-state index in [4.69, 9.17) is 4.74 Å². The minimum atomic E-state index is -0.583. The Balaban J connectivity index is 1.73. The predicted molar refractivity (Wildman–Crippen MR) is 102 cm³/mol. The third kappa shape index (κ3) is 3.82. The van der Waals surface area contributed by atoms with Gasteiger partial charge in [-0.05, 0) is 65.2 Å². The van der Waals surface area contributed by atoms with Crippen molar-refractivity contribution in [3.8, 4) is 5.75 Å². The van der Waals surface area contributed by atoms with Crippen LogP contribution in [0.3, 0.4) is 0 Å². The Morgan fingerprint density at radius 1 is 1.00 bits per heavy atom. The van der Waals surface area contributed by atoms with E-state index in [1.807, 2.05) is 66.7 Å². The lowest BCUT2D eigenvalue weighted by atomic mass is 10.1. The fourth-order valence-electron chi connectivity index (χ4n) is 2.32. The summed E-state index contributed by atoms with van der Waals surface area (Å²) in [6.45, 7) is 1.75. The molecule has 0 bridgehead atoms. The minimum Gasteiger partial charge on any atom is -0.480 e. The van der Waals surface area contributed by atoms with Crippen molar-refractivity contribution >= 4 is 45.0 Å². The Labute approximate surface area is 148 Å². The number of ether oxygens (including phenoxy) is 1. The van der Waals surface area contributed by atoms with Crippen molar-refractivity contribution < 1.29 is 9.53 Å². The Morgan fingerprint density at radius 2 is 1.70 bits per heavy atom. The maximum absolute atomic E-state index is 12.3. The maximum atomic E-state index is 12.3. The molecule has 23 heavy (non-hydrogen) atoms. The first-order valence-corrected chi connectivity index (χ1v) is 8.42. The molecule has 0 fully saturated rings. The van der Waals surface area contributed by atoms with Crippen LogP contribution in [0.4, 0.5) is 5.69 Å². The van der Waals surface area contributed by atoms with Crippen molar-refractivity contribution in [3.63, 3.8) is 0 Å². The first kappa shape index (κ1) is 15.8. The number of rotatable bonds is 4. The molecule has 1 unspecified atom stereocenters. The highest BCUT2D eigenvalue weighted by atomic mass is 127. The second-order valence-electron chi connectivity index (χ2n) is 5.23. The monoisotopic (exact) mass is 417 g/mol. The van der Waals surface area contributed by atoms with Crippen LogP contribution in [-0.2, 0) is 4.79 Å². The zero-order valence-corrected chi connectivity index (χ0v) is 14.8. The number of hydrogen-bond acceptors (Lipinski definition) is 2. The van der Waals surface area contributed by atoms with Gasteiger partial charge in [0.05, 0.1) is 0 Å². The number of halogens is 1. The van der Waals surface area contributed by atoms with Crippen molar-refractivity contribution in [3.05, 3.63) is 70.3 Å². The molecule has 0 heterocycles. The molecule has 1 N–H and O–H groups in total. The molecular formula is C19H16INO2. The molecule has 0 aliphatic heterocycles. The van der Waals surface area contributed by atoms with E-state index in [9.17, 15) is 4.79 Å². The fraction of sp³-hybridized carbons (Fsp3) is 0.105. The Hall–Kier alpha value is -2.08. The summed E-state index contributed by atoms with van der Waals surface area (Å²) in [6, 6.07) is 21.5. The van der Waals surface area contributed by atoms with Gasteiger partial charge in [-0.1, -0.05) is 36.4 Å². The number of fused-ring (bicyclic) bond motifs is 1. The van der Waals surface area contributed by atoms with E-state index in [-0.39, 0.29) is 5.91 Å². The lowest BCUT2D eigenvalue weighted by Gasteiger charge is -2.16. The number of amides is 1. The molecule has 4 heteroatoms. The summed E-state index contributed by atoms with van der Waals surface area (Å²) in [5, 5.41) is 4.97. The van der Waals surface area contributed by atoms with E-state index >= 15 is 0 Å². The first-order chi connectivity index (χ1) is 11.1. The highest BCUT2D eigenvalue weighted by molar-refractivity contribution is 14.1. The summed E-state index contributed by atoms with van der Waals surface area (Å²) in [5.41, 5.74) is 0.767. The molecule has 3 nitrogen and oxygen atoms in total. The van der Waals surface area contributed by atoms with E-state index in [0.29, 0.717) is 5.75 Å². The SMILES string of the molecule is CC(Oc1cccc2ccccc12)C(=O)Nc1ccc(I)cc1. The number of anilines is 1. The summed E-state index contributed by atoms with van der Waals surface area (Å²) >= 11 is 2.23. The molecule has 0 aliphatic carbocycles. The van der Waals surface area contributed by atoms with Crippen molar-refractivity contribution in [2.75, 3.05) is 5.32 Å². The Bertz CT molecular complexity index is 825. The number of carbonyl (C=O) groups excluding carboxylic acids is 1. The molecule has 0 saturated carbocycles. The van der Waals surface area contributed by atoms with Gasteiger partial charge in [0, 0.05) is 14.6 Å². The number of benzene rings is 3. The highest BCUT2D eigenvalue weighted by Gasteiger charge is 2.16. The molecule has 3 aromatic rings. The van der Waals surface area contributed by atoms with Crippen LogP contribution >= 0.6 is 22.6 Å². The van der Waals surface area contributed by atoms with Gasteiger partial charge < -0.3 is 10.1 Å². The van der Waals surface area contributed by atoms with Gasteiger partial charge in [-0.3, -0.25) is 4.79 Å². The normalized spacial score (nSPS) is 11.9. The maximum Gasteiger partial charge on any atom is 0.265 e. The van der Waals surface area contributed by atoms with Crippen LogP contribution in [0.1, 0.15) is 6.92 Å². The molecule has 1 amide bonds. The lowest BCUT2D eigenvalue weighted by molar-refractivity contribution is -0.122. The molecule has 0 saturated heterocycles. The molecule has 3 aromatic carbocycles. The molecule has 3 rings (SSSR count).